The largest absolute Gasteiger partial charge is 0.378 e. The van der Waals surface area contributed by atoms with Crippen LogP contribution in [0.5, 0.6) is 0 Å². The van der Waals surface area contributed by atoms with Crippen LogP contribution >= 0.6 is 22.9 Å². The Morgan fingerprint density at radius 3 is 2.81 bits per heavy atom. The van der Waals surface area contributed by atoms with Gasteiger partial charge in [-0.3, -0.25) is 0 Å². The lowest BCUT2D eigenvalue weighted by molar-refractivity contribution is 0.554. The zero-order valence-electron chi connectivity index (χ0n) is 12.2. The fourth-order valence-corrected chi connectivity index (χ4v) is 2.92. The number of nitrogens with one attached hydrogen (secondary N) is 2. The quantitative estimate of drug-likeness (QED) is 0.742. The van der Waals surface area contributed by atoms with Gasteiger partial charge in [-0.05, 0) is 18.2 Å². The molecule has 0 amide bonds. The Bertz CT molecular complexity index is 769. The maximum absolute atomic E-state index is 5.88. The van der Waals surface area contributed by atoms with Crippen molar-refractivity contribution in [2.75, 3.05) is 5.32 Å². The molecule has 0 fully saturated rings. The summed E-state index contributed by atoms with van der Waals surface area (Å²) in [7, 11) is 0. The third-order valence-electron chi connectivity index (χ3n) is 3.16. The van der Waals surface area contributed by atoms with E-state index in [0.717, 1.165) is 27.6 Å². The first-order chi connectivity index (χ1) is 9.91. The Kier molecular flexibility index (Phi) is 3.63. The van der Waals surface area contributed by atoms with E-state index in [0.29, 0.717) is 10.9 Å². The van der Waals surface area contributed by atoms with E-state index >= 15 is 0 Å². The van der Waals surface area contributed by atoms with E-state index in [1.807, 2.05) is 12.1 Å². The second-order valence-corrected chi connectivity index (χ2v) is 7.73. The van der Waals surface area contributed by atoms with Gasteiger partial charge in [0.2, 0.25) is 0 Å². The molecule has 2 heterocycles. The van der Waals surface area contributed by atoms with E-state index in [9.17, 15) is 0 Å². The number of H-pyrrole nitrogens is 1. The second-order valence-electron chi connectivity index (χ2n) is 5.98. The Labute approximate surface area is 132 Å². The van der Waals surface area contributed by atoms with Crippen molar-refractivity contribution >= 4 is 39.7 Å². The first kappa shape index (κ1) is 14.4. The van der Waals surface area contributed by atoms with Gasteiger partial charge in [0.05, 0.1) is 23.8 Å². The number of rotatable bonds is 3. The molecule has 0 aliphatic carbocycles. The molecule has 0 atom stereocenters. The highest BCUT2D eigenvalue weighted by atomic mass is 35.5. The van der Waals surface area contributed by atoms with Crippen LogP contribution in [0.25, 0.3) is 11.0 Å². The van der Waals surface area contributed by atoms with Crippen molar-refractivity contribution in [2.45, 2.75) is 32.7 Å². The molecule has 6 heteroatoms. The van der Waals surface area contributed by atoms with Crippen LogP contribution in [-0.4, -0.2) is 15.0 Å². The predicted octanol–water partition coefficient (Wildman–Crippen LogP) is 4.58. The van der Waals surface area contributed by atoms with Crippen LogP contribution in [-0.2, 0) is 12.0 Å². The van der Waals surface area contributed by atoms with Crippen LogP contribution in [0.15, 0.2) is 24.4 Å². The van der Waals surface area contributed by atoms with Gasteiger partial charge in [0, 0.05) is 11.1 Å². The number of imidazole rings is 1. The van der Waals surface area contributed by atoms with Gasteiger partial charge in [-0.25, -0.2) is 9.97 Å². The summed E-state index contributed by atoms with van der Waals surface area (Å²) in [6.07, 6.45) is 1.68. The number of aromatic nitrogens is 3. The topological polar surface area (TPSA) is 53.6 Å². The van der Waals surface area contributed by atoms with E-state index in [2.05, 4.69) is 47.1 Å². The Hall–Kier alpha value is -1.59. The van der Waals surface area contributed by atoms with E-state index in [1.165, 1.54) is 11.3 Å². The minimum absolute atomic E-state index is 0.0181. The minimum atomic E-state index is 0.0181. The zero-order valence-corrected chi connectivity index (χ0v) is 13.8. The molecule has 0 radical (unpaired) electrons. The normalized spacial score (nSPS) is 12.0. The average molecular weight is 321 g/mol. The lowest BCUT2D eigenvalue weighted by Gasteiger charge is -2.13. The molecule has 0 saturated carbocycles. The van der Waals surface area contributed by atoms with Crippen molar-refractivity contribution in [3.05, 3.63) is 39.6 Å². The van der Waals surface area contributed by atoms with Crippen molar-refractivity contribution in [2.24, 2.45) is 0 Å². The molecule has 110 valence electrons. The molecule has 0 bridgehead atoms. The molecule has 0 spiro atoms. The molecule has 0 saturated heterocycles. The highest BCUT2D eigenvalue weighted by molar-refractivity contribution is 7.15. The van der Waals surface area contributed by atoms with Crippen molar-refractivity contribution in [1.82, 2.24) is 15.0 Å². The van der Waals surface area contributed by atoms with Crippen molar-refractivity contribution < 1.29 is 0 Å². The Morgan fingerprint density at radius 1 is 1.33 bits per heavy atom. The molecule has 21 heavy (non-hydrogen) atoms. The molecule has 0 unspecified atom stereocenters. The summed E-state index contributed by atoms with van der Waals surface area (Å²) in [5, 5.41) is 4.33. The lowest BCUT2D eigenvalue weighted by Crippen LogP contribution is -2.12. The summed E-state index contributed by atoms with van der Waals surface area (Å²) in [4.78, 5) is 12.3. The van der Waals surface area contributed by atoms with E-state index in [-0.39, 0.29) is 5.41 Å². The predicted molar refractivity (Wildman–Crippen MR) is 89.2 cm³/mol. The second kappa shape index (κ2) is 5.31. The van der Waals surface area contributed by atoms with E-state index in [1.54, 1.807) is 6.20 Å². The molecular formula is C15H17ClN4S. The average Bonchev–Trinajstić information content (AvgIpc) is 3.01. The maximum atomic E-state index is 5.88. The van der Waals surface area contributed by atoms with Gasteiger partial charge in [0.1, 0.15) is 15.2 Å². The summed E-state index contributed by atoms with van der Waals surface area (Å²) in [6.45, 7) is 7.12. The molecule has 4 nitrogen and oxygen atoms in total. The lowest BCUT2D eigenvalue weighted by atomic mass is 9.96. The number of thiazole rings is 1. The molecule has 2 aromatic heterocycles. The summed E-state index contributed by atoms with van der Waals surface area (Å²) >= 11 is 7.37. The molecule has 3 rings (SSSR count). The number of fused-ring (bicyclic) bond motifs is 1. The monoisotopic (exact) mass is 320 g/mol. The van der Waals surface area contributed by atoms with Crippen LogP contribution in [0.4, 0.5) is 5.69 Å². The molecule has 0 aliphatic rings. The molecular weight excluding hydrogens is 304 g/mol. The number of hydrogen-bond donors (Lipinski definition) is 2. The van der Waals surface area contributed by atoms with Gasteiger partial charge < -0.3 is 10.3 Å². The third kappa shape index (κ3) is 3.19. The highest BCUT2D eigenvalue weighted by Gasteiger charge is 2.18. The number of nitrogens with zero attached hydrogens (tertiary/aromatic N) is 2. The van der Waals surface area contributed by atoms with Crippen molar-refractivity contribution in [3.63, 3.8) is 0 Å². The van der Waals surface area contributed by atoms with Crippen LogP contribution in [0.1, 0.15) is 31.6 Å². The first-order valence-corrected chi connectivity index (χ1v) is 7.95. The summed E-state index contributed by atoms with van der Waals surface area (Å²) in [5.41, 5.74) is 3.09. The van der Waals surface area contributed by atoms with Gasteiger partial charge in [-0.1, -0.05) is 32.4 Å². The number of hydrogen-bond acceptors (Lipinski definition) is 4. The fraction of sp³-hybridized carbons (Fsp3) is 0.333. The van der Waals surface area contributed by atoms with E-state index < -0.39 is 0 Å². The van der Waals surface area contributed by atoms with Gasteiger partial charge in [-0.15, -0.1) is 11.3 Å². The summed E-state index contributed by atoms with van der Waals surface area (Å²) in [5.74, 6) is 1.00. The van der Waals surface area contributed by atoms with Crippen molar-refractivity contribution in [1.29, 1.82) is 0 Å². The molecule has 2 N–H and O–H groups in total. The highest BCUT2D eigenvalue weighted by Crippen LogP contribution is 2.25. The van der Waals surface area contributed by atoms with Gasteiger partial charge in [0.15, 0.2) is 0 Å². The smallest absolute Gasteiger partial charge is 0.113 e. The van der Waals surface area contributed by atoms with Crippen LogP contribution in [0.2, 0.25) is 4.34 Å². The van der Waals surface area contributed by atoms with Crippen molar-refractivity contribution in [3.8, 4) is 0 Å². The molecule has 3 aromatic rings. The molecule has 1 aromatic carbocycles. The van der Waals surface area contributed by atoms with Crippen LogP contribution in [0, 0.1) is 0 Å². The summed E-state index contributed by atoms with van der Waals surface area (Å²) in [6, 6.07) is 6.13. The van der Waals surface area contributed by atoms with E-state index in [4.69, 9.17) is 11.6 Å². The van der Waals surface area contributed by atoms with Crippen LogP contribution < -0.4 is 5.32 Å². The number of anilines is 1. The first-order valence-electron chi connectivity index (χ1n) is 6.76. The SMILES string of the molecule is CC(C)(C)c1nc2ccc(NCc3ncc(Cl)s3)cc2[nH]1. The zero-order chi connectivity index (χ0) is 15.0. The maximum Gasteiger partial charge on any atom is 0.113 e. The van der Waals surface area contributed by atoms with Gasteiger partial charge >= 0.3 is 0 Å². The number of benzene rings is 1. The Morgan fingerprint density at radius 2 is 2.14 bits per heavy atom. The van der Waals surface area contributed by atoms with Gasteiger partial charge in [-0.2, -0.15) is 0 Å². The van der Waals surface area contributed by atoms with Gasteiger partial charge in [0.25, 0.3) is 0 Å². The third-order valence-corrected chi connectivity index (χ3v) is 4.28. The standard InChI is InChI=1S/C15H17ClN4S/c1-15(2,3)14-19-10-5-4-9(6-11(10)20-14)17-8-13-18-7-12(16)21-13/h4-7,17H,8H2,1-3H3,(H,19,20). The molecule has 0 aliphatic heterocycles. The summed E-state index contributed by atoms with van der Waals surface area (Å²) < 4.78 is 0.714. The Balaban J connectivity index is 1.80. The fourth-order valence-electron chi connectivity index (χ4n) is 2.02. The number of halogens is 1. The number of aromatic amines is 1. The van der Waals surface area contributed by atoms with Crippen LogP contribution in [0.3, 0.4) is 0 Å². The minimum Gasteiger partial charge on any atom is -0.378 e.